The lowest BCUT2D eigenvalue weighted by atomic mass is 10.0. The zero-order valence-corrected chi connectivity index (χ0v) is 13.7. The number of carbonyl (C=O) groups excluding carboxylic acids is 2. The number of carbonyl (C=O) groups is 2. The Bertz CT molecular complexity index is 388. The molecule has 0 saturated carbocycles. The fourth-order valence-electron chi connectivity index (χ4n) is 1.43. The summed E-state index contributed by atoms with van der Waals surface area (Å²) in [5.41, 5.74) is 4.18. The highest BCUT2D eigenvalue weighted by molar-refractivity contribution is 5.87. The molecule has 0 aromatic rings. The van der Waals surface area contributed by atoms with Crippen molar-refractivity contribution in [3.05, 3.63) is 12.2 Å². The summed E-state index contributed by atoms with van der Waals surface area (Å²) in [5.74, 6) is -0.408. The third kappa shape index (κ3) is 9.90. The maximum atomic E-state index is 11.5. The summed E-state index contributed by atoms with van der Waals surface area (Å²) in [6.07, 6.45) is 0.285. The van der Waals surface area contributed by atoms with Crippen LogP contribution in [-0.2, 0) is 19.0 Å². The van der Waals surface area contributed by atoms with Gasteiger partial charge in [-0.05, 0) is 34.6 Å². The van der Waals surface area contributed by atoms with Crippen molar-refractivity contribution >= 4 is 12.1 Å². The lowest BCUT2D eigenvalue weighted by molar-refractivity contribution is -0.154. The van der Waals surface area contributed by atoms with E-state index in [2.05, 4.69) is 11.3 Å². The molecule has 2 N–H and O–H groups in total. The van der Waals surface area contributed by atoms with Crippen LogP contribution in [0.2, 0.25) is 0 Å². The topological polar surface area (TPSA) is 87.8 Å². The quantitative estimate of drug-likeness (QED) is 0.522. The van der Waals surface area contributed by atoms with E-state index in [0.717, 1.165) is 0 Å². The van der Waals surface area contributed by atoms with E-state index in [1.165, 1.54) is 0 Å². The van der Waals surface area contributed by atoms with Crippen LogP contribution in [0.25, 0.3) is 0 Å². The van der Waals surface area contributed by atoms with Crippen molar-refractivity contribution in [2.75, 3.05) is 13.2 Å². The van der Waals surface area contributed by atoms with Gasteiger partial charge >= 0.3 is 12.1 Å². The van der Waals surface area contributed by atoms with Crippen LogP contribution in [-0.4, -0.2) is 36.5 Å². The molecule has 0 heterocycles. The van der Waals surface area contributed by atoms with E-state index < -0.39 is 23.3 Å². The summed E-state index contributed by atoms with van der Waals surface area (Å²) >= 11 is 0. The van der Waals surface area contributed by atoms with Gasteiger partial charge in [0.1, 0.15) is 5.60 Å². The summed E-state index contributed by atoms with van der Waals surface area (Å²) in [6.45, 7) is 13.2. The summed E-state index contributed by atoms with van der Waals surface area (Å²) in [6, 6.07) is 0. The fourth-order valence-corrected chi connectivity index (χ4v) is 1.43. The van der Waals surface area contributed by atoms with Crippen LogP contribution in [0.4, 0.5) is 4.79 Å². The van der Waals surface area contributed by atoms with Crippen LogP contribution in [0.1, 0.15) is 47.5 Å². The first-order valence-electron chi connectivity index (χ1n) is 6.90. The maximum Gasteiger partial charge on any atom is 0.404 e. The van der Waals surface area contributed by atoms with E-state index in [4.69, 9.17) is 15.2 Å². The molecule has 0 aromatic heterocycles. The number of amides is 1. The normalized spacial score (nSPS) is 11.9. The first-order valence-corrected chi connectivity index (χ1v) is 6.90. The van der Waals surface area contributed by atoms with Gasteiger partial charge in [-0.3, -0.25) is 0 Å². The second-order valence-electron chi connectivity index (χ2n) is 6.21. The lowest BCUT2D eigenvalue weighted by Crippen LogP contribution is -2.33. The van der Waals surface area contributed by atoms with Crippen LogP contribution in [0.3, 0.4) is 0 Å². The zero-order valence-electron chi connectivity index (χ0n) is 13.7. The van der Waals surface area contributed by atoms with Crippen molar-refractivity contribution in [1.29, 1.82) is 0 Å². The fraction of sp³-hybridized carbons (Fsp3) is 0.733. The van der Waals surface area contributed by atoms with Crippen molar-refractivity contribution < 1.29 is 23.8 Å². The van der Waals surface area contributed by atoms with Crippen LogP contribution in [0, 0.1) is 0 Å². The van der Waals surface area contributed by atoms with E-state index in [9.17, 15) is 9.59 Å². The number of hydrogen-bond acceptors (Lipinski definition) is 5. The third-order valence-electron chi connectivity index (χ3n) is 2.86. The second-order valence-corrected chi connectivity index (χ2v) is 6.21. The van der Waals surface area contributed by atoms with Gasteiger partial charge in [0.05, 0.1) is 18.8 Å². The van der Waals surface area contributed by atoms with Crippen LogP contribution in [0.5, 0.6) is 0 Å². The molecule has 0 aromatic carbocycles. The average Bonchev–Trinajstić information content (AvgIpc) is 2.26. The highest BCUT2D eigenvalue weighted by Crippen LogP contribution is 2.20. The summed E-state index contributed by atoms with van der Waals surface area (Å²) < 4.78 is 15.7. The Hall–Kier alpha value is -1.56. The van der Waals surface area contributed by atoms with Gasteiger partial charge < -0.3 is 19.9 Å². The molecule has 6 nitrogen and oxygen atoms in total. The maximum absolute atomic E-state index is 11.5. The molecule has 6 heteroatoms. The van der Waals surface area contributed by atoms with Crippen LogP contribution < -0.4 is 5.73 Å². The molecule has 0 radical (unpaired) electrons. The predicted molar refractivity (Wildman–Crippen MR) is 79.8 cm³/mol. The third-order valence-corrected chi connectivity index (χ3v) is 2.86. The number of hydrogen-bond donors (Lipinski definition) is 1. The van der Waals surface area contributed by atoms with Crippen LogP contribution >= 0.6 is 0 Å². The SMILES string of the molecule is C=C(C)C(=O)OC(C)(C)CCOC(C)(C)CCOC(N)=O. The highest BCUT2D eigenvalue weighted by Gasteiger charge is 2.25. The molecule has 0 fully saturated rings. The molecule has 1 amide bonds. The van der Waals surface area contributed by atoms with Gasteiger partial charge in [0.15, 0.2) is 0 Å². The van der Waals surface area contributed by atoms with Crippen LogP contribution in [0.15, 0.2) is 12.2 Å². The highest BCUT2D eigenvalue weighted by atomic mass is 16.6. The number of nitrogens with two attached hydrogens (primary N) is 1. The van der Waals surface area contributed by atoms with Crippen molar-refractivity contribution in [1.82, 2.24) is 0 Å². The van der Waals surface area contributed by atoms with Gasteiger partial charge in [-0.25, -0.2) is 9.59 Å². The molecule has 0 atom stereocenters. The molecule has 0 bridgehead atoms. The Morgan fingerprint density at radius 1 is 1.05 bits per heavy atom. The number of esters is 1. The van der Waals surface area contributed by atoms with E-state index in [0.29, 0.717) is 25.0 Å². The Kier molecular flexibility index (Phi) is 7.43. The van der Waals surface area contributed by atoms with Gasteiger partial charge in [-0.1, -0.05) is 6.58 Å². The average molecular weight is 301 g/mol. The van der Waals surface area contributed by atoms with E-state index in [1.807, 2.05) is 27.7 Å². The van der Waals surface area contributed by atoms with E-state index in [-0.39, 0.29) is 6.61 Å². The Morgan fingerprint density at radius 3 is 2.05 bits per heavy atom. The lowest BCUT2D eigenvalue weighted by Gasteiger charge is -2.29. The summed E-state index contributed by atoms with van der Waals surface area (Å²) in [5, 5.41) is 0. The molecule has 21 heavy (non-hydrogen) atoms. The molecule has 0 unspecified atom stereocenters. The van der Waals surface area contributed by atoms with Crippen molar-refractivity contribution in [3.63, 3.8) is 0 Å². The molecule has 0 aliphatic carbocycles. The molecular weight excluding hydrogens is 274 g/mol. The van der Waals surface area contributed by atoms with Crippen molar-refractivity contribution in [2.45, 2.75) is 58.7 Å². The van der Waals surface area contributed by atoms with Crippen molar-refractivity contribution in [3.8, 4) is 0 Å². The molecule has 122 valence electrons. The predicted octanol–water partition coefficient (Wildman–Crippen LogP) is 2.56. The molecule has 0 spiro atoms. The van der Waals surface area contributed by atoms with Gasteiger partial charge in [-0.15, -0.1) is 0 Å². The minimum absolute atomic E-state index is 0.205. The Balaban J connectivity index is 4.12. The van der Waals surface area contributed by atoms with Gasteiger partial charge in [0.2, 0.25) is 0 Å². The minimum Gasteiger partial charge on any atom is -0.456 e. The zero-order chi connectivity index (χ0) is 16.7. The van der Waals surface area contributed by atoms with E-state index >= 15 is 0 Å². The van der Waals surface area contributed by atoms with Gasteiger partial charge in [0, 0.05) is 18.4 Å². The number of primary amides is 1. The van der Waals surface area contributed by atoms with Crippen molar-refractivity contribution in [2.24, 2.45) is 5.73 Å². The molecule has 0 saturated heterocycles. The Labute approximate surface area is 126 Å². The summed E-state index contributed by atoms with van der Waals surface area (Å²) in [7, 11) is 0. The Morgan fingerprint density at radius 2 is 1.57 bits per heavy atom. The minimum atomic E-state index is -0.793. The van der Waals surface area contributed by atoms with E-state index in [1.54, 1.807) is 6.92 Å². The smallest absolute Gasteiger partial charge is 0.404 e. The largest absolute Gasteiger partial charge is 0.456 e. The molecular formula is C15H27NO5. The first kappa shape index (κ1) is 19.4. The molecule has 0 aliphatic rings. The standard InChI is InChI=1S/C15H27NO5/c1-11(2)12(17)21-15(5,6)8-10-20-14(3,4)7-9-19-13(16)18/h1,7-10H2,2-6H3,(H2,16,18). The van der Waals surface area contributed by atoms with Gasteiger partial charge in [0.25, 0.3) is 0 Å². The van der Waals surface area contributed by atoms with Gasteiger partial charge in [-0.2, -0.15) is 0 Å². The molecule has 0 aliphatic heterocycles. The monoisotopic (exact) mass is 301 g/mol. The number of rotatable bonds is 9. The second kappa shape index (κ2) is 8.02. The molecule has 0 rings (SSSR count). The summed E-state index contributed by atoms with van der Waals surface area (Å²) in [4.78, 5) is 22.0. The number of ether oxygens (including phenoxy) is 3. The first-order chi connectivity index (χ1) is 9.45.